The first-order valence-electron chi connectivity index (χ1n) is 8.27. The minimum atomic E-state index is -0.267. The molecule has 2 heterocycles. The van der Waals surface area contributed by atoms with Crippen molar-refractivity contribution < 1.29 is 14.7 Å². The Hall–Kier alpha value is -1.95. The number of hydrogen-bond donors (Lipinski definition) is 2. The van der Waals surface area contributed by atoms with Crippen molar-refractivity contribution >= 4 is 11.8 Å². The maximum Gasteiger partial charge on any atom is 0.225 e. The molecule has 23 heavy (non-hydrogen) atoms. The number of pyridine rings is 1. The Bertz CT molecular complexity index is 555. The third kappa shape index (κ3) is 4.07. The highest BCUT2D eigenvalue weighted by Crippen LogP contribution is 2.22. The van der Waals surface area contributed by atoms with Gasteiger partial charge < -0.3 is 15.3 Å². The van der Waals surface area contributed by atoms with Gasteiger partial charge in [0, 0.05) is 37.9 Å². The molecule has 2 aliphatic rings. The van der Waals surface area contributed by atoms with Crippen LogP contribution >= 0.6 is 0 Å². The molecule has 1 aromatic rings. The van der Waals surface area contributed by atoms with Gasteiger partial charge in [-0.1, -0.05) is 0 Å². The number of hydrogen-bond acceptors (Lipinski definition) is 4. The fraction of sp³-hybridized carbons (Fsp3) is 0.588. The second-order valence-corrected chi connectivity index (χ2v) is 6.54. The lowest BCUT2D eigenvalue weighted by Crippen LogP contribution is -2.42. The number of aliphatic hydroxyl groups is 1. The van der Waals surface area contributed by atoms with E-state index < -0.39 is 0 Å². The summed E-state index contributed by atoms with van der Waals surface area (Å²) in [5.41, 5.74) is 1.02. The molecular weight excluding hydrogens is 294 g/mol. The highest BCUT2D eigenvalue weighted by atomic mass is 16.3. The van der Waals surface area contributed by atoms with E-state index in [2.05, 4.69) is 10.3 Å². The molecule has 2 fully saturated rings. The lowest BCUT2D eigenvalue weighted by atomic mass is 9.92. The predicted octanol–water partition coefficient (Wildman–Crippen LogP) is 0.850. The molecular formula is C17H23N3O3. The van der Waals surface area contributed by atoms with E-state index in [-0.39, 0.29) is 36.3 Å². The smallest absolute Gasteiger partial charge is 0.225 e. The number of carbonyl (C=O) groups excluding carboxylic acids is 2. The zero-order chi connectivity index (χ0) is 16.2. The van der Waals surface area contributed by atoms with Crippen molar-refractivity contribution in [3.05, 3.63) is 30.1 Å². The molecule has 1 aliphatic heterocycles. The summed E-state index contributed by atoms with van der Waals surface area (Å²) < 4.78 is 0. The minimum Gasteiger partial charge on any atom is -0.393 e. The van der Waals surface area contributed by atoms with Gasteiger partial charge in [-0.2, -0.15) is 0 Å². The van der Waals surface area contributed by atoms with Crippen molar-refractivity contribution in [3.63, 3.8) is 0 Å². The summed E-state index contributed by atoms with van der Waals surface area (Å²) in [5.74, 6) is -0.269. The molecule has 0 unspecified atom stereocenters. The molecule has 3 rings (SSSR count). The number of aliphatic hydroxyl groups excluding tert-OH is 1. The monoisotopic (exact) mass is 317 g/mol. The van der Waals surface area contributed by atoms with Crippen molar-refractivity contribution in [1.29, 1.82) is 0 Å². The molecule has 1 atom stereocenters. The first-order chi connectivity index (χ1) is 11.1. The van der Waals surface area contributed by atoms with Crippen molar-refractivity contribution in [2.24, 2.45) is 5.92 Å². The Morgan fingerprint density at radius 2 is 1.96 bits per heavy atom. The van der Waals surface area contributed by atoms with E-state index in [1.165, 1.54) is 0 Å². The highest BCUT2D eigenvalue weighted by Gasteiger charge is 2.35. The average Bonchev–Trinajstić information content (AvgIpc) is 2.92. The molecule has 1 aliphatic carbocycles. The summed E-state index contributed by atoms with van der Waals surface area (Å²) in [4.78, 5) is 30.2. The van der Waals surface area contributed by atoms with E-state index in [4.69, 9.17) is 0 Å². The van der Waals surface area contributed by atoms with Crippen LogP contribution in [0.1, 0.15) is 37.7 Å². The SMILES string of the molecule is O=C(NC1CCC(O)CC1)[C@H]1CC(=O)N(Cc2ccncc2)C1. The molecule has 6 heteroatoms. The van der Waals surface area contributed by atoms with Gasteiger partial charge in [-0.15, -0.1) is 0 Å². The molecule has 0 bridgehead atoms. The number of amides is 2. The molecule has 0 spiro atoms. The second-order valence-electron chi connectivity index (χ2n) is 6.54. The van der Waals surface area contributed by atoms with Gasteiger partial charge in [0.2, 0.25) is 11.8 Å². The van der Waals surface area contributed by atoms with Gasteiger partial charge in [0.1, 0.15) is 0 Å². The lowest BCUT2D eigenvalue weighted by Gasteiger charge is -2.27. The van der Waals surface area contributed by atoms with Gasteiger partial charge in [-0.05, 0) is 43.4 Å². The Kier molecular flexibility index (Phi) is 4.91. The maximum atomic E-state index is 12.4. The maximum absolute atomic E-state index is 12.4. The number of carbonyl (C=O) groups is 2. The summed E-state index contributed by atoms with van der Waals surface area (Å²) in [6.45, 7) is 1.00. The first-order valence-corrected chi connectivity index (χ1v) is 8.27. The predicted molar refractivity (Wildman–Crippen MR) is 84.2 cm³/mol. The molecule has 1 saturated carbocycles. The zero-order valence-electron chi connectivity index (χ0n) is 13.1. The quantitative estimate of drug-likeness (QED) is 0.862. The molecule has 0 aromatic carbocycles. The van der Waals surface area contributed by atoms with Gasteiger partial charge in [0.05, 0.1) is 12.0 Å². The molecule has 1 aromatic heterocycles. The standard InChI is InChI=1S/C17H23N3O3/c21-15-3-1-14(2-4-15)19-17(23)13-9-16(22)20(11-13)10-12-5-7-18-8-6-12/h5-8,13-15,21H,1-4,9-11H2,(H,19,23)/t13-,14?,15?/m0/s1. The van der Waals surface area contributed by atoms with Crippen LogP contribution in [0.2, 0.25) is 0 Å². The van der Waals surface area contributed by atoms with Crippen molar-refractivity contribution in [2.45, 2.75) is 50.8 Å². The van der Waals surface area contributed by atoms with Gasteiger partial charge in [-0.3, -0.25) is 14.6 Å². The largest absolute Gasteiger partial charge is 0.393 e. The van der Waals surface area contributed by atoms with Crippen LogP contribution in [-0.2, 0) is 16.1 Å². The Morgan fingerprint density at radius 1 is 1.26 bits per heavy atom. The fourth-order valence-electron chi connectivity index (χ4n) is 3.35. The van der Waals surface area contributed by atoms with E-state index in [1.54, 1.807) is 17.3 Å². The Labute approximate surface area is 135 Å². The van der Waals surface area contributed by atoms with Gasteiger partial charge in [0.25, 0.3) is 0 Å². The van der Waals surface area contributed by atoms with Gasteiger partial charge >= 0.3 is 0 Å². The Balaban J connectivity index is 1.51. The van der Waals surface area contributed by atoms with Crippen molar-refractivity contribution in [1.82, 2.24) is 15.2 Å². The van der Waals surface area contributed by atoms with E-state index in [9.17, 15) is 14.7 Å². The van der Waals surface area contributed by atoms with Gasteiger partial charge in [-0.25, -0.2) is 0 Å². The van der Waals surface area contributed by atoms with Crippen LogP contribution in [0.3, 0.4) is 0 Å². The summed E-state index contributed by atoms with van der Waals surface area (Å²) in [7, 11) is 0. The van der Waals surface area contributed by atoms with Crippen LogP contribution in [0.25, 0.3) is 0 Å². The number of rotatable bonds is 4. The highest BCUT2D eigenvalue weighted by molar-refractivity contribution is 5.89. The van der Waals surface area contributed by atoms with Gasteiger partial charge in [0.15, 0.2) is 0 Å². The summed E-state index contributed by atoms with van der Waals surface area (Å²) in [6.07, 6.45) is 6.57. The Morgan fingerprint density at radius 3 is 2.65 bits per heavy atom. The van der Waals surface area contributed by atoms with Crippen LogP contribution in [0.15, 0.2) is 24.5 Å². The number of likely N-dealkylation sites (tertiary alicyclic amines) is 1. The van der Waals surface area contributed by atoms with E-state index in [0.717, 1.165) is 31.2 Å². The van der Waals surface area contributed by atoms with Crippen LogP contribution in [0.4, 0.5) is 0 Å². The first kappa shape index (κ1) is 15.9. The summed E-state index contributed by atoms with van der Waals surface area (Å²) in [6, 6.07) is 3.90. The topological polar surface area (TPSA) is 82.5 Å². The summed E-state index contributed by atoms with van der Waals surface area (Å²) in [5, 5.41) is 12.6. The van der Waals surface area contributed by atoms with Crippen molar-refractivity contribution in [3.8, 4) is 0 Å². The number of aromatic nitrogens is 1. The van der Waals surface area contributed by atoms with E-state index >= 15 is 0 Å². The van der Waals surface area contributed by atoms with Crippen LogP contribution in [-0.4, -0.2) is 45.5 Å². The molecule has 2 N–H and O–H groups in total. The lowest BCUT2D eigenvalue weighted by molar-refractivity contribution is -0.129. The fourth-order valence-corrected chi connectivity index (χ4v) is 3.35. The number of nitrogens with one attached hydrogen (secondary N) is 1. The average molecular weight is 317 g/mol. The minimum absolute atomic E-state index is 0.0287. The normalized spacial score (nSPS) is 28.0. The molecule has 6 nitrogen and oxygen atoms in total. The zero-order valence-corrected chi connectivity index (χ0v) is 13.1. The molecule has 2 amide bonds. The molecule has 0 radical (unpaired) electrons. The van der Waals surface area contributed by atoms with E-state index in [0.29, 0.717) is 13.1 Å². The summed E-state index contributed by atoms with van der Waals surface area (Å²) >= 11 is 0. The van der Waals surface area contributed by atoms with E-state index in [1.807, 2.05) is 12.1 Å². The second kappa shape index (κ2) is 7.08. The molecule has 124 valence electrons. The van der Waals surface area contributed by atoms with Crippen LogP contribution in [0.5, 0.6) is 0 Å². The molecule has 1 saturated heterocycles. The van der Waals surface area contributed by atoms with Crippen LogP contribution < -0.4 is 5.32 Å². The van der Waals surface area contributed by atoms with Crippen LogP contribution in [0, 0.1) is 5.92 Å². The number of nitrogens with zero attached hydrogens (tertiary/aromatic N) is 2. The third-order valence-electron chi connectivity index (χ3n) is 4.75. The third-order valence-corrected chi connectivity index (χ3v) is 4.75. The van der Waals surface area contributed by atoms with Crippen molar-refractivity contribution in [2.75, 3.05) is 6.54 Å².